The van der Waals surface area contributed by atoms with Gasteiger partial charge in [-0.05, 0) is 40.0 Å². The van der Waals surface area contributed by atoms with Crippen LogP contribution in [0.3, 0.4) is 0 Å². The van der Waals surface area contributed by atoms with Crippen molar-refractivity contribution in [3.63, 3.8) is 0 Å². The maximum Gasteiger partial charge on any atom is 0.221 e. The van der Waals surface area contributed by atoms with Crippen LogP contribution in [0.4, 0.5) is 0 Å². The fourth-order valence-electron chi connectivity index (χ4n) is 2.22. The molecule has 0 aromatic rings. The van der Waals surface area contributed by atoms with Crippen LogP contribution in [0, 0.1) is 0 Å². The first-order chi connectivity index (χ1) is 9.91. The Bertz CT molecular complexity index is 373. The molecule has 3 N–H and O–H groups in total. The van der Waals surface area contributed by atoms with Crippen LogP contribution >= 0.6 is 0 Å². The topological polar surface area (TPSA) is 79.2 Å². The summed E-state index contributed by atoms with van der Waals surface area (Å²) in [7, 11) is 0. The van der Waals surface area contributed by atoms with Crippen molar-refractivity contribution < 1.29 is 24.8 Å². The minimum absolute atomic E-state index is 0.227. The summed E-state index contributed by atoms with van der Waals surface area (Å²) >= 11 is 0. The second-order valence-electron chi connectivity index (χ2n) is 5.80. The summed E-state index contributed by atoms with van der Waals surface area (Å²) in [6, 6.07) is 0. The van der Waals surface area contributed by atoms with E-state index in [1.54, 1.807) is 0 Å². The Morgan fingerprint density at radius 3 is 2.62 bits per heavy atom. The normalized spacial score (nSPS) is 30.3. The average molecular weight is 300 g/mol. The van der Waals surface area contributed by atoms with E-state index in [0.29, 0.717) is 6.42 Å². The van der Waals surface area contributed by atoms with E-state index in [1.165, 1.54) is 11.1 Å². The van der Waals surface area contributed by atoms with Gasteiger partial charge in [0.1, 0.15) is 12.7 Å². The summed E-state index contributed by atoms with van der Waals surface area (Å²) in [5.41, 5.74) is 2.47. The predicted octanol–water partition coefficient (Wildman–Crippen LogP) is 1.53. The van der Waals surface area contributed by atoms with E-state index in [-0.39, 0.29) is 13.2 Å². The third-order valence-electron chi connectivity index (χ3n) is 3.65. The fraction of sp³-hybridized carbons (Fsp3) is 0.750. The molecule has 21 heavy (non-hydrogen) atoms. The highest BCUT2D eigenvalue weighted by molar-refractivity contribution is 5.02. The number of hydrogen-bond donors (Lipinski definition) is 3. The van der Waals surface area contributed by atoms with Crippen LogP contribution in [0.2, 0.25) is 0 Å². The zero-order chi connectivity index (χ0) is 15.9. The Labute approximate surface area is 126 Å². The summed E-state index contributed by atoms with van der Waals surface area (Å²) in [6.45, 7) is 6.14. The molecule has 0 bridgehead atoms. The van der Waals surface area contributed by atoms with Crippen LogP contribution in [0.5, 0.6) is 0 Å². The number of allylic oxidation sites excluding steroid dienone is 3. The summed E-state index contributed by atoms with van der Waals surface area (Å²) in [6.07, 6.45) is 4.17. The minimum Gasteiger partial charge on any atom is -0.391 e. The highest BCUT2D eigenvalue weighted by Gasteiger charge is 2.46. The summed E-state index contributed by atoms with van der Waals surface area (Å²) in [5.74, 6) is -1.52. The third kappa shape index (κ3) is 5.52. The van der Waals surface area contributed by atoms with E-state index in [9.17, 15) is 15.3 Å². The molecule has 1 heterocycles. The molecule has 1 rings (SSSR count). The molecular formula is C16H28O5. The van der Waals surface area contributed by atoms with Crippen LogP contribution in [0.25, 0.3) is 0 Å². The highest BCUT2D eigenvalue weighted by Crippen LogP contribution is 2.27. The molecule has 1 aliphatic heterocycles. The lowest BCUT2D eigenvalue weighted by Gasteiger charge is -2.41. The van der Waals surface area contributed by atoms with Crippen molar-refractivity contribution in [1.29, 1.82) is 0 Å². The van der Waals surface area contributed by atoms with Crippen LogP contribution in [0.1, 0.15) is 40.0 Å². The molecule has 0 saturated carbocycles. The second-order valence-corrected chi connectivity index (χ2v) is 5.80. The van der Waals surface area contributed by atoms with Crippen molar-refractivity contribution in [2.45, 2.75) is 58.0 Å². The highest BCUT2D eigenvalue weighted by atomic mass is 16.7. The van der Waals surface area contributed by atoms with Crippen molar-refractivity contribution in [1.82, 2.24) is 0 Å². The van der Waals surface area contributed by atoms with Gasteiger partial charge < -0.3 is 24.8 Å². The Kier molecular flexibility index (Phi) is 7.56. The molecule has 0 aromatic heterocycles. The molecule has 0 aliphatic carbocycles. The van der Waals surface area contributed by atoms with Gasteiger partial charge in [0.25, 0.3) is 0 Å². The monoisotopic (exact) mass is 300 g/mol. The van der Waals surface area contributed by atoms with Crippen LogP contribution < -0.4 is 0 Å². The molecule has 3 unspecified atom stereocenters. The van der Waals surface area contributed by atoms with E-state index in [1.807, 2.05) is 13.0 Å². The molecule has 0 aromatic carbocycles. The van der Waals surface area contributed by atoms with Crippen LogP contribution in [-0.4, -0.2) is 53.1 Å². The molecule has 3 atom stereocenters. The lowest BCUT2D eigenvalue weighted by Crippen LogP contribution is -2.59. The van der Waals surface area contributed by atoms with Gasteiger partial charge in [0, 0.05) is 0 Å². The molecule has 0 amide bonds. The molecule has 1 fully saturated rings. The van der Waals surface area contributed by atoms with Gasteiger partial charge in [0.2, 0.25) is 5.79 Å². The molecule has 0 spiro atoms. The van der Waals surface area contributed by atoms with Crippen molar-refractivity contribution in [3.05, 3.63) is 23.3 Å². The number of aliphatic hydroxyl groups is 3. The molecule has 5 nitrogen and oxygen atoms in total. The maximum absolute atomic E-state index is 9.97. The van der Waals surface area contributed by atoms with E-state index < -0.39 is 24.6 Å². The first kappa shape index (κ1) is 18.3. The predicted molar refractivity (Wildman–Crippen MR) is 80.8 cm³/mol. The molecule has 5 heteroatoms. The number of rotatable bonds is 7. The van der Waals surface area contributed by atoms with Crippen molar-refractivity contribution in [2.75, 3.05) is 19.8 Å². The first-order valence-electron chi connectivity index (χ1n) is 7.45. The summed E-state index contributed by atoms with van der Waals surface area (Å²) in [5, 5.41) is 29.1. The first-order valence-corrected chi connectivity index (χ1v) is 7.45. The average Bonchev–Trinajstić information content (AvgIpc) is 2.43. The van der Waals surface area contributed by atoms with Gasteiger partial charge in [-0.15, -0.1) is 0 Å². The molecule has 0 radical (unpaired) electrons. The number of aliphatic hydroxyl groups excluding tert-OH is 3. The van der Waals surface area contributed by atoms with Gasteiger partial charge in [0.15, 0.2) is 0 Å². The van der Waals surface area contributed by atoms with Crippen LogP contribution in [0.15, 0.2) is 23.3 Å². The van der Waals surface area contributed by atoms with E-state index in [0.717, 1.165) is 12.8 Å². The van der Waals surface area contributed by atoms with Gasteiger partial charge >= 0.3 is 0 Å². The van der Waals surface area contributed by atoms with Crippen LogP contribution in [-0.2, 0) is 9.47 Å². The zero-order valence-electron chi connectivity index (χ0n) is 13.2. The minimum atomic E-state index is -1.52. The standard InChI is InChI=1S/C16H28O5/c1-12(2)5-4-6-13(3)7-9-20-16(11-17)15(19)14(18)8-10-21-16/h5,7,14-15,17-19H,4,6,8-11H2,1-3H3/b13-7+. The van der Waals surface area contributed by atoms with Crippen molar-refractivity contribution in [2.24, 2.45) is 0 Å². The van der Waals surface area contributed by atoms with Crippen molar-refractivity contribution in [3.8, 4) is 0 Å². The maximum atomic E-state index is 9.97. The summed E-state index contributed by atoms with van der Waals surface area (Å²) in [4.78, 5) is 0. The van der Waals surface area contributed by atoms with Gasteiger partial charge in [-0.25, -0.2) is 0 Å². The third-order valence-corrected chi connectivity index (χ3v) is 3.65. The SMILES string of the molecule is CC(C)=CCC/C(C)=C/COC1(CO)OCCC(O)C1O. The van der Waals surface area contributed by atoms with E-state index in [4.69, 9.17) is 9.47 Å². The van der Waals surface area contributed by atoms with Gasteiger partial charge in [-0.3, -0.25) is 0 Å². The Balaban J connectivity index is 2.49. The van der Waals surface area contributed by atoms with Crippen molar-refractivity contribution >= 4 is 0 Å². The van der Waals surface area contributed by atoms with Gasteiger partial charge in [0.05, 0.1) is 19.3 Å². The number of ether oxygens (including phenoxy) is 2. The van der Waals surface area contributed by atoms with E-state index in [2.05, 4.69) is 19.9 Å². The molecular weight excluding hydrogens is 272 g/mol. The Hall–Kier alpha value is -0.720. The second kappa shape index (κ2) is 8.66. The fourth-order valence-corrected chi connectivity index (χ4v) is 2.22. The largest absolute Gasteiger partial charge is 0.391 e. The van der Waals surface area contributed by atoms with Gasteiger partial charge in [-0.2, -0.15) is 0 Å². The lowest BCUT2D eigenvalue weighted by atomic mass is 9.99. The van der Waals surface area contributed by atoms with Gasteiger partial charge in [-0.1, -0.05) is 23.3 Å². The lowest BCUT2D eigenvalue weighted by molar-refractivity contribution is -0.328. The Morgan fingerprint density at radius 1 is 1.29 bits per heavy atom. The Morgan fingerprint density at radius 2 is 2.00 bits per heavy atom. The summed E-state index contributed by atoms with van der Waals surface area (Å²) < 4.78 is 10.9. The smallest absolute Gasteiger partial charge is 0.221 e. The quantitative estimate of drug-likeness (QED) is 0.621. The zero-order valence-corrected chi connectivity index (χ0v) is 13.2. The molecule has 122 valence electrons. The molecule has 1 saturated heterocycles. The number of hydrogen-bond acceptors (Lipinski definition) is 5. The molecule has 1 aliphatic rings. The van der Waals surface area contributed by atoms with E-state index >= 15 is 0 Å².